The number of hydrogen-bond donors (Lipinski definition) is 2. The van der Waals surface area contributed by atoms with Gasteiger partial charge in [0, 0.05) is 45.2 Å². The fourth-order valence-electron chi connectivity index (χ4n) is 4.92. The predicted molar refractivity (Wildman–Crippen MR) is 93.4 cm³/mol. The monoisotopic (exact) mass is 336 g/mol. The highest BCUT2D eigenvalue weighted by atomic mass is 16.2. The molecular formula is C18H32N4O2. The van der Waals surface area contributed by atoms with Crippen LogP contribution in [0.25, 0.3) is 0 Å². The van der Waals surface area contributed by atoms with Crippen LogP contribution in [0.3, 0.4) is 0 Å². The van der Waals surface area contributed by atoms with Gasteiger partial charge in [-0.15, -0.1) is 0 Å². The van der Waals surface area contributed by atoms with Crippen LogP contribution >= 0.6 is 0 Å². The standard InChI is InChI=1S/C18H32N4O2/c1-21(2)18(24)22-8-6-12(7-9-22)17(23)20-16-13-4-3-5-14(16)11-15(19)10-13/h12-16H,3-11,19H2,1-2H3,(H,20,23). The Kier molecular flexibility index (Phi) is 5.33. The number of likely N-dealkylation sites (tertiary alicyclic amines) is 1. The molecule has 1 aliphatic heterocycles. The number of rotatable bonds is 2. The van der Waals surface area contributed by atoms with Crippen LogP contribution in [0.5, 0.6) is 0 Å². The van der Waals surface area contributed by atoms with Gasteiger partial charge in [0.2, 0.25) is 5.91 Å². The molecule has 2 bridgehead atoms. The number of piperidine rings is 1. The third kappa shape index (κ3) is 3.68. The first kappa shape index (κ1) is 17.5. The van der Waals surface area contributed by atoms with Crippen molar-refractivity contribution in [2.45, 2.75) is 57.0 Å². The van der Waals surface area contributed by atoms with E-state index in [0.717, 1.165) is 25.7 Å². The number of fused-ring (bicyclic) bond motifs is 2. The number of amides is 3. The molecule has 3 rings (SSSR count). The minimum absolute atomic E-state index is 0.0460. The highest BCUT2D eigenvalue weighted by molar-refractivity contribution is 5.80. The molecule has 0 radical (unpaired) electrons. The molecule has 1 saturated heterocycles. The van der Waals surface area contributed by atoms with Crippen LogP contribution in [-0.2, 0) is 4.79 Å². The van der Waals surface area contributed by atoms with Gasteiger partial charge < -0.3 is 20.9 Å². The summed E-state index contributed by atoms with van der Waals surface area (Å²) in [6.07, 6.45) is 7.32. The summed E-state index contributed by atoms with van der Waals surface area (Å²) in [5.74, 6) is 1.37. The van der Waals surface area contributed by atoms with Crippen molar-refractivity contribution in [3.8, 4) is 0 Å². The van der Waals surface area contributed by atoms with E-state index in [1.807, 2.05) is 4.90 Å². The van der Waals surface area contributed by atoms with Gasteiger partial charge in [0.25, 0.3) is 0 Å². The van der Waals surface area contributed by atoms with Gasteiger partial charge in [0.15, 0.2) is 0 Å². The lowest BCUT2D eigenvalue weighted by atomic mass is 9.67. The van der Waals surface area contributed by atoms with E-state index < -0.39 is 0 Å². The fourth-order valence-corrected chi connectivity index (χ4v) is 4.92. The van der Waals surface area contributed by atoms with E-state index in [1.165, 1.54) is 19.3 Å². The second-order valence-corrected chi connectivity index (χ2v) is 8.16. The van der Waals surface area contributed by atoms with Crippen LogP contribution in [0.15, 0.2) is 0 Å². The first-order valence-corrected chi connectivity index (χ1v) is 9.48. The van der Waals surface area contributed by atoms with Crippen molar-refractivity contribution in [3.05, 3.63) is 0 Å². The van der Waals surface area contributed by atoms with Crippen molar-refractivity contribution in [2.24, 2.45) is 23.5 Å². The molecule has 3 fully saturated rings. The average molecular weight is 336 g/mol. The van der Waals surface area contributed by atoms with Crippen LogP contribution < -0.4 is 11.1 Å². The molecule has 3 aliphatic rings. The predicted octanol–water partition coefficient (Wildman–Crippen LogP) is 1.40. The minimum atomic E-state index is 0.0460. The van der Waals surface area contributed by atoms with E-state index in [0.29, 0.717) is 37.0 Å². The molecule has 0 aromatic rings. The van der Waals surface area contributed by atoms with Crippen molar-refractivity contribution in [1.82, 2.24) is 15.1 Å². The lowest BCUT2D eigenvalue weighted by molar-refractivity contribution is -0.128. The number of nitrogens with zero attached hydrogens (tertiary/aromatic N) is 2. The molecule has 2 atom stereocenters. The van der Waals surface area contributed by atoms with E-state index in [1.54, 1.807) is 19.0 Å². The quantitative estimate of drug-likeness (QED) is 0.800. The Morgan fingerprint density at radius 1 is 1.04 bits per heavy atom. The lowest BCUT2D eigenvalue weighted by Gasteiger charge is -2.45. The molecule has 2 saturated carbocycles. The van der Waals surface area contributed by atoms with Gasteiger partial charge in [-0.2, -0.15) is 0 Å². The van der Waals surface area contributed by atoms with Gasteiger partial charge in [-0.3, -0.25) is 4.79 Å². The molecule has 0 spiro atoms. The Morgan fingerprint density at radius 2 is 1.62 bits per heavy atom. The molecule has 1 heterocycles. The van der Waals surface area contributed by atoms with Gasteiger partial charge >= 0.3 is 6.03 Å². The molecule has 0 aromatic heterocycles. The highest BCUT2D eigenvalue weighted by Gasteiger charge is 2.41. The first-order chi connectivity index (χ1) is 11.5. The number of urea groups is 1. The maximum absolute atomic E-state index is 12.7. The number of hydrogen-bond acceptors (Lipinski definition) is 3. The Hall–Kier alpha value is -1.30. The van der Waals surface area contributed by atoms with Gasteiger partial charge in [-0.1, -0.05) is 6.42 Å². The zero-order chi connectivity index (χ0) is 17.3. The molecule has 2 unspecified atom stereocenters. The fraction of sp³-hybridized carbons (Fsp3) is 0.889. The second-order valence-electron chi connectivity index (χ2n) is 8.16. The van der Waals surface area contributed by atoms with E-state index in [4.69, 9.17) is 5.73 Å². The maximum atomic E-state index is 12.7. The van der Waals surface area contributed by atoms with Crippen molar-refractivity contribution in [2.75, 3.05) is 27.2 Å². The molecular weight excluding hydrogens is 304 g/mol. The van der Waals surface area contributed by atoms with Crippen molar-refractivity contribution in [3.63, 3.8) is 0 Å². The summed E-state index contributed by atoms with van der Waals surface area (Å²) in [7, 11) is 3.54. The number of carbonyl (C=O) groups excluding carboxylic acids is 2. The van der Waals surface area contributed by atoms with Gasteiger partial charge in [-0.25, -0.2) is 4.79 Å². The second kappa shape index (κ2) is 7.30. The van der Waals surface area contributed by atoms with Gasteiger partial charge in [0.05, 0.1) is 0 Å². The summed E-state index contributed by atoms with van der Waals surface area (Å²) in [6.45, 7) is 1.36. The number of carbonyl (C=O) groups is 2. The van der Waals surface area contributed by atoms with Gasteiger partial charge in [0.1, 0.15) is 0 Å². The summed E-state index contributed by atoms with van der Waals surface area (Å²) in [5.41, 5.74) is 6.17. The van der Waals surface area contributed by atoms with Crippen LogP contribution in [0.1, 0.15) is 44.9 Å². The van der Waals surface area contributed by atoms with Crippen molar-refractivity contribution in [1.29, 1.82) is 0 Å². The van der Waals surface area contributed by atoms with Crippen LogP contribution in [0.4, 0.5) is 4.79 Å². The van der Waals surface area contributed by atoms with Crippen molar-refractivity contribution < 1.29 is 9.59 Å². The third-order valence-electron chi connectivity index (χ3n) is 6.20. The Labute approximate surface area is 145 Å². The zero-order valence-electron chi connectivity index (χ0n) is 15.0. The third-order valence-corrected chi connectivity index (χ3v) is 6.20. The zero-order valence-corrected chi connectivity index (χ0v) is 15.0. The average Bonchev–Trinajstić information content (AvgIpc) is 2.55. The Morgan fingerprint density at radius 3 is 2.17 bits per heavy atom. The van der Waals surface area contributed by atoms with Crippen LogP contribution in [-0.4, -0.2) is 61.0 Å². The van der Waals surface area contributed by atoms with E-state index in [2.05, 4.69) is 5.32 Å². The smallest absolute Gasteiger partial charge is 0.319 e. The van der Waals surface area contributed by atoms with Crippen LogP contribution in [0.2, 0.25) is 0 Å². The summed E-state index contributed by atoms with van der Waals surface area (Å²) in [6, 6.07) is 0.686. The largest absolute Gasteiger partial charge is 0.353 e. The molecule has 2 aliphatic carbocycles. The molecule has 136 valence electrons. The highest BCUT2D eigenvalue weighted by Crippen LogP contribution is 2.39. The lowest BCUT2D eigenvalue weighted by Crippen LogP contribution is -2.55. The summed E-state index contributed by atoms with van der Waals surface area (Å²) >= 11 is 0. The Bertz CT molecular complexity index is 460. The molecule has 3 N–H and O–H groups in total. The van der Waals surface area contributed by atoms with E-state index >= 15 is 0 Å². The van der Waals surface area contributed by atoms with Gasteiger partial charge in [-0.05, 0) is 50.4 Å². The number of nitrogens with two attached hydrogens (primary N) is 1. The minimum Gasteiger partial charge on any atom is -0.353 e. The first-order valence-electron chi connectivity index (χ1n) is 9.48. The van der Waals surface area contributed by atoms with Crippen LogP contribution in [0, 0.1) is 17.8 Å². The molecule has 0 aromatic carbocycles. The van der Waals surface area contributed by atoms with E-state index in [-0.39, 0.29) is 17.9 Å². The summed E-state index contributed by atoms with van der Waals surface area (Å²) in [4.78, 5) is 28.2. The molecule has 6 nitrogen and oxygen atoms in total. The summed E-state index contributed by atoms with van der Waals surface area (Å²) < 4.78 is 0. The SMILES string of the molecule is CN(C)C(=O)N1CCC(C(=O)NC2C3CCCC2CC(N)C3)CC1. The molecule has 6 heteroatoms. The van der Waals surface area contributed by atoms with E-state index in [9.17, 15) is 9.59 Å². The molecule has 24 heavy (non-hydrogen) atoms. The number of nitrogens with one attached hydrogen (secondary N) is 1. The van der Waals surface area contributed by atoms with Crippen molar-refractivity contribution >= 4 is 11.9 Å². The summed E-state index contributed by atoms with van der Waals surface area (Å²) in [5, 5.41) is 3.37. The maximum Gasteiger partial charge on any atom is 0.319 e. The Balaban J connectivity index is 1.52. The topological polar surface area (TPSA) is 78.7 Å². The normalized spacial score (nSPS) is 33.9. The molecule has 3 amide bonds.